The highest BCUT2D eigenvalue weighted by Crippen LogP contribution is 2.48. The van der Waals surface area contributed by atoms with Gasteiger partial charge in [-0.15, -0.1) is 0 Å². The third-order valence-corrected chi connectivity index (χ3v) is 8.63. The van der Waals surface area contributed by atoms with Crippen LogP contribution in [0.3, 0.4) is 0 Å². The fourth-order valence-electron chi connectivity index (χ4n) is 1.75. The van der Waals surface area contributed by atoms with Gasteiger partial charge in [0.2, 0.25) is 0 Å². The van der Waals surface area contributed by atoms with E-state index in [0.29, 0.717) is 10.5 Å². The first-order valence-electron chi connectivity index (χ1n) is 6.37. The molecular weight excluding hydrogens is 214 g/mol. The number of nitrogens with zero attached hydrogens (tertiary/aromatic N) is 1. The van der Waals surface area contributed by atoms with Gasteiger partial charge in [0, 0.05) is 18.6 Å². The fraction of sp³-hybridized carbons (Fsp3) is 1.00. The molecule has 0 spiro atoms. The third-order valence-electron chi connectivity index (χ3n) is 4.15. The Kier molecular flexibility index (Phi) is 3.93. The van der Waals surface area contributed by atoms with E-state index >= 15 is 0 Å². The van der Waals surface area contributed by atoms with Crippen LogP contribution in [0.4, 0.5) is 0 Å². The summed E-state index contributed by atoms with van der Waals surface area (Å²) in [5.41, 5.74) is 0.485. The van der Waals surface area contributed by atoms with E-state index in [9.17, 15) is 0 Å². The number of hydrogen-bond acceptors (Lipinski definition) is 2. The number of hydrogen-bond donors (Lipinski definition) is 0. The second kappa shape index (κ2) is 4.43. The largest absolute Gasteiger partial charge is 0.416 e. The van der Waals surface area contributed by atoms with E-state index in [2.05, 4.69) is 52.9 Å². The van der Waals surface area contributed by atoms with E-state index in [0.717, 1.165) is 6.61 Å². The van der Waals surface area contributed by atoms with Gasteiger partial charge in [0.25, 0.3) is 0 Å². The van der Waals surface area contributed by atoms with Crippen LogP contribution in [0.1, 0.15) is 33.6 Å². The van der Waals surface area contributed by atoms with Crippen molar-refractivity contribution in [2.24, 2.45) is 5.41 Å². The molecule has 1 rings (SSSR count). The second-order valence-corrected chi connectivity index (χ2v) is 12.1. The molecule has 3 heteroatoms. The molecule has 0 aromatic rings. The van der Waals surface area contributed by atoms with Gasteiger partial charge in [-0.05, 0) is 45.1 Å². The summed E-state index contributed by atoms with van der Waals surface area (Å²) in [5, 5.41) is 0.335. The third kappa shape index (κ3) is 3.57. The summed E-state index contributed by atoms with van der Waals surface area (Å²) >= 11 is 0. The van der Waals surface area contributed by atoms with Crippen molar-refractivity contribution in [3.63, 3.8) is 0 Å². The summed E-state index contributed by atoms with van der Waals surface area (Å²) in [6, 6.07) is 0. The first-order chi connectivity index (χ1) is 7.08. The Morgan fingerprint density at radius 1 is 1.19 bits per heavy atom. The van der Waals surface area contributed by atoms with Gasteiger partial charge in [-0.1, -0.05) is 20.8 Å². The zero-order chi connectivity index (χ0) is 12.6. The lowest BCUT2D eigenvalue weighted by Gasteiger charge is -2.37. The maximum absolute atomic E-state index is 6.33. The monoisotopic (exact) mass is 243 g/mol. The molecule has 96 valence electrons. The molecule has 0 N–H and O–H groups in total. The molecule has 1 fully saturated rings. The van der Waals surface area contributed by atoms with E-state index in [-0.39, 0.29) is 0 Å². The SMILES string of the molecule is CN(C)CC1(CO[Si](C)(C)C(C)(C)C)CC1. The quantitative estimate of drug-likeness (QED) is 0.687. The van der Waals surface area contributed by atoms with Crippen LogP contribution >= 0.6 is 0 Å². The molecule has 0 aliphatic heterocycles. The summed E-state index contributed by atoms with van der Waals surface area (Å²) in [5.74, 6) is 0. The highest BCUT2D eigenvalue weighted by Gasteiger charge is 2.46. The molecule has 1 aliphatic carbocycles. The first kappa shape index (κ1) is 14.2. The van der Waals surface area contributed by atoms with Crippen molar-refractivity contribution in [3.05, 3.63) is 0 Å². The Bertz CT molecular complexity index is 239. The standard InChI is InChI=1S/C13H29NOSi/c1-12(2,3)16(6,7)15-11-13(8-9-13)10-14(4)5/h8-11H2,1-7H3. The molecule has 0 aromatic carbocycles. The smallest absolute Gasteiger partial charge is 0.192 e. The van der Waals surface area contributed by atoms with Crippen LogP contribution < -0.4 is 0 Å². The number of rotatable bonds is 5. The van der Waals surface area contributed by atoms with Crippen LogP contribution in [0.15, 0.2) is 0 Å². The summed E-state index contributed by atoms with van der Waals surface area (Å²) in [7, 11) is 2.77. The summed E-state index contributed by atoms with van der Waals surface area (Å²) in [6.45, 7) is 13.8. The Balaban J connectivity index is 2.46. The van der Waals surface area contributed by atoms with Gasteiger partial charge in [0.05, 0.1) is 0 Å². The van der Waals surface area contributed by atoms with E-state index in [1.165, 1.54) is 19.4 Å². The van der Waals surface area contributed by atoms with Gasteiger partial charge < -0.3 is 9.33 Å². The fourth-order valence-corrected chi connectivity index (χ4v) is 2.85. The zero-order valence-electron chi connectivity index (χ0n) is 12.2. The lowest BCUT2D eigenvalue weighted by atomic mass is 10.1. The molecule has 0 amide bonds. The van der Waals surface area contributed by atoms with Crippen LogP contribution in [0.5, 0.6) is 0 Å². The maximum atomic E-state index is 6.33. The van der Waals surface area contributed by atoms with Crippen LogP contribution in [-0.4, -0.2) is 40.5 Å². The van der Waals surface area contributed by atoms with Crippen LogP contribution in [0, 0.1) is 5.41 Å². The average molecular weight is 243 g/mol. The molecule has 0 saturated heterocycles. The molecule has 0 atom stereocenters. The van der Waals surface area contributed by atoms with Crippen molar-refractivity contribution in [1.82, 2.24) is 4.90 Å². The van der Waals surface area contributed by atoms with Crippen molar-refractivity contribution in [2.45, 2.75) is 51.7 Å². The van der Waals surface area contributed by atoms with Crippen LogP contribution in [0.25, 0.3) is 0 Å². The molecule has 0 aromatic heterocycles. The summed E-state index contributed by atoms with van der Waals surface area (Å²) < 4.78 is 6.33. The van der Waals surface area contributed by atoms with Crippen molar-refractivity contribution < 1.29 is 4.43 Å². The Morgan fingerprint density at radius 3 is 2.00 bits per heavy atom. The average Bonchev–Trinajstić information content (AvgIpc) is 2.79. The minimum absolute atomic E-state index is 0.335. The Labute approximate surface area is 102 Å². The Hall–Kier alpha value is 0.137. The molecule has 0 bridgehead atoms. The maximum Gasteiger partial charge on any atom is 0.192 e. The zero-order valence-corrected chi connectivity index (χ0v) is 13.2. The molecule has 1 aliphatic rings. The van der Waals surface area contributed by atoms with E-state index in [4.69, 9.17) is 4.43 Å². The topological polar surface area (TPSA) is 12.5 Å². The highest BCUT2D eigenvalue weighted by atomic mass is 28.4. The predicted octanol–water partition coefficient (Wildman–Crippen LogP) is 3.35. The van der Waals surface area contributed by atoms with Crippen molar-refractivity contribution in [1.29, 1.82) is 0 Å². The molecule has 0 unspecified atom stereocenters. The van der Waals surface area contributed by atoms with Crippen LogP contribution in [-0.2, 0) is 4.43 Å². The Morgan fingerprint density at radius 2 is 1.69 bits per heavy atom. The van der Waals surface area contributed by atoms with Crippen molar-refractivity contribution >= 4 is 8.32 Å². The molecule has 1 saturated carbocycles. The van der Waals surface area contributed by atoms with Gasteiger partial charge in [-0.25, -0.2) is 0 Å². The highest BCUT2D eigenvalue weighted by molar-refractivity contribution is 6.74. The molecular formula is C13H29NOSi. The van der Waals surface area contributed by atoms with Gasteiger partial charge >= 0.3 is 0 Å². The van der Waals surface area contributed by atoms with E-state index < -0.39 is 8.32 Å². The van der Waals surface area contributed by atoms with Crippen molar-refractivity contribution in [3.8, 4) is 0 Å². The summed E-state index contributed by atoms with van der Waals surface area (Å²) in [4.78, 5) is 2.29. The molecule has 0 radical (unpaired) electrons. The lowest BCUT2D eigenvalue weighted by molar-refractivity contribution is 0.180. The summed E-state index contributed by atoms with van der Waals surface area (Å²) in [6.07, 6.45) is 2.69. The van der Waals surface area contributed by atoms with Crippen molar-refractivity contribution in [2.75, 3.05) is 27.2 Å². The van der Waals surface area contributed by atoms with Gasteiger partial charge in [-0.3, -0.25) is 0 Å². The second-order valence-electron chi connectivity index (χ2n) is 7.29. The predicted molar refractivity (Wildman–Crippen MR) is 73.4 cm³/mol. The van der Waals surface area contributed by atoms with Gasteiger partial charge in [-0.2, -0.15) is 0 Å². The molecule has 0 heterocycles. The van der Waals surface area contributed by atoms with E-state index in [1.54, 1.807) is 0 Å². The van der Waals surface area contributed by atoms with E-state index in [1.807, 2.05) is 0 Å². The molecule has 2 nitrogen and oxygen atoms in total. The lowest BCUT2D eigenvalue weighted by Crippen LogP contribution is -2.43. The van der Waals surface area contributed by atoms with Gasteiger partial charge in [0.15, 0.2) is 8.32 Å². The minimum atomic E-state index is -1.54. The van der Waals surface area contributed by atoms with Gasteiger partial charge in [0.1, 0.15) is 0 Å². The minimum Gasteiger partial charge on any atom is -0.416 e. The normalized spacial score (nSPS) is 20.2. The molecule has 16 heavy (non-hydrogen) atoms. The first-order valence-corrected chi connectivity index (χ1v) is 9.28. The van der Waals surface area contributed by atoms with Crippen LogP contribution in [0.2, 0.25) is 18.1 Å².